The van der Waals surface area contributed by atoms with Crippen LogP contribution in [-0.2, 0) is 0 Å². The molecule has 0 spiro atoms. The van der Waals surface area contributed by atoms with Crippen LogP contribution in [0, 0.1) is 0 Å². The van der Waals surface area contributed by atoms with E-state index in [1.807, 2.05) is 36.4 Å². The van der Waals surface area contributed by atoms with Crippen LogP contribution in [0.2, 0.25) is 0 Å². The van der Waals surface area contributed by atoms with Crippen LogP contribution < -0.4 is 20.7 Å². The highest BCUT2D eigenvalue weighted by atomic mass is 16.5. The van der Waals surface area contributed by atoms with E-state index in [0.29, 0.717) is 39.2 Å². The Morgan fingerprint density at radius 1 is 0.879 bits per heavy atom. The molecule has 2 aromatic carbocycles. The molecule has 3 N–H and O–H groups in total. The molecule has 9 heteroatoms. The number of aromatic nitrogens is 3. The van der Waals surface area contributed by atoms with Gasteiger partial charge in [-0.25, -0.2) is 4.98 Å². The number of anilines is 2. The summed E-state index contributed by atoms with van der Waals surface area (Å²) in [4.78, 5) is 37.5. The molecule has 0 saturated carbocycles. The molecule has 0 unspecified atom stereocenters. The quantitative estimate of drug-likeness (QED) is 0.420. The summed E-state index contributed by atoms with van der Waals surface area (Å²) in [5.41, 5.74) is 3.82. The van der Waals surface area contributed by atoms with Crippen molar-refractivity contribution in [3.8, 4) is 17.0 Å². The van der Waals surface area contributed by atoms with E-state index < -0.39 is 0 Å². The molecule has 0 bridgehead atoms. The smallest absolute Gasteiger partial charge is 0.271 e. The number of amides is 2. The summed E-state index contributed by atoms with van der Waals surface area (Å²) in [5.74, 6) is -0.0569. The fourth-order valence-electron chi connectivity index (χ4n) is 3.41. The maximum Gasteiger partial charge on any atom is 0.271 e. The number of hydrogen-bond acceptors (Lipinski definition) is 7. The van der Waals surface area contributed by atoms with Crippen LogP contribution in [-0.4, -0.2) is 48.0 Å². The molecule has 9 nitrogen and oxygen atoms in total. The van der Waals surface area contributed by atoms with Crippen molar-refractivity contribution in [2.45, 2.75) is 0 Å². The number of rotatable bonds is 6. The van der Waals surface area contributed by atoms with Gasteiger partial charge in [-0.15, -0.1) is 0 Å². The van der Waals surface area contributed by atoms with Gasteiger partial charge in [-0.3, -0.25) is 19.6 Å². The minimum absolute atomic E-state index is 0.205. The molecule has 0 fully saturated rings. The van der Waals surface area contributed by atoms with E-state index in [1.54, 1.807) is 20.2 Å². The Hall–Kier alpha value is -4.53. The molecule has 0 aliphatic rings. The lowest BCUT2D eigenvalue weighted by Crippen LogP contribution is -2.19. The fourth-order valence-corrected chi connectivity index (χ4v) is 3.41. The normalized spacial score (nSPS) is 10.5. The standard InChI is InChI=1S/C24H22N6O3/c1-25-23(31)17-11-27-18-10-21(33-3)15(19-12-29-20(13-28-19)24(32)26-2)9-16(18)22(17)30-14-7-5-4-6-8-14/h4-13H,1-3H3,(H,25,31)(H,26,32)(H,27,30). The molecule has 4 aromatic rings. The van der Waals surface area contributed by atoms with Crippen LogP contribution in [0.3, 0.4) is 0 Å². The number of fused-ring (bicyclic) bond motifs is 1. The van der Waals surface area contributed by atoms with Gasteiger partial charge in [0, 0.05) is 43.0 Å². The van der Waals surface area contributed by atoms with Gasteiger partial charge >= 0.3 is 0 Å². The molecule has 33 heavy (non-hydrogen) atoms. The van der Waals surface area contributed by atoms with Crippen LogP contribution in [0.25, 0.3) is 22.2 Å². The molecule has 0 saturated heterocycles. The molecule has 4 rings (SSSR count). The number of nitrogens with zero attached hydrogens (tertiary/aromatic N) is 3. The van der Waals surface area contributed by atoms with Gasteiger partial charge in [0.15, 0.2) is 0 Å². The van der Waals surface area contributed by atoms with E-state index in [2.05, 4.69) is 30.9 Å². The molecular weight excluding hydrogens is 420 g/mol. The minimum atomic E-state index is -0.326. The number of nitrogens with one attached hydrogen (secondary N) is 3. The third-order valence-corrected chi connectivity index (χ3v) is 5.09. The molecule has 0 aliphatic heterocycles. The lowest BCUT2D eigenvalue weighted by molar-refractivity contribution is 0.0952. The number of ether oxygens (including phenoxy) is 1. The summed E-state index contributed by atoms with van der Waals surface area (Å²) in [6.45, 7) is 0. The van der Waals surface area contributed by atoms with E-state index in [1.165, 1.54) is 25.6 Å². The van der Waals surface area contributed by atoms with Crippen molar-refractivity contribution in [1.29, 1.82) is 0 Å². The van der Waals surface area contributed by atoms with Gasteiger partial charge in [0.1, 0.15) is 11.4 Å². The molecular formula is C24H22N6O3. The van der Waals surface area contributed by atoms with Crippen molar-refractivity contribution < 1.29 is 14.3 Å². The second-order valence-corrected chi connectivity index (χ2v) is 7.05. The number of para-hydroxylation sites is 1. The average molecular weight is 442 g/mol. The Balaban J connectivity index is 1.92. The van der Waals surface area contributed by atoms with Gasteiger partial charge in [-0.2, -0.15) is 0 Å². The van der Waals surface area contributed by atoms with Crippen LogP contribution >= 0.6 is 0 Å². The Bertz CT molecular complexity index is 1320. The molecule has 2 heterocycles. The van der Waals surface area contributed by atoms with Gasteiger partial charge in [-0.05, 0) is 18.2 Å². The number of pyridine rings is 1. The molecule has 2 amide bonds. The first-order valence-electron chi connectivity index (χ1n) is 10.1. The Morgan fingerprint density at radius 2 is 1.64 bits per heavy atom. The zero-order valence-corrected chi connectivity index (χ0v) is 18.3. The highest BCUT2D eigenvalue weighted by Crippen LogP contribution is 2.37. The summed E-state index contributed by atoms with van der Waals surface area (Å²) in [6, 6.07) is 13.2. The van der Waals surface area contributed by atoms with Crippen LogP contribution in [0.15, 0.2) is 61.1 Å². The first-order chi connectivity index (χ1) is 16.0. The molecule has 0 atom stereocenters. The van der Waals surface area contributed by atoms with E-state index in [0.717, 1.165) is 5.69 Å². The van der Waals surface area contributed by atoms with Crippen molar-refractivity contribution in [2.75, 3.05) is 26.5 Å². The minimum Gasteiger partial charge on any atom is -0.496 e. The largest absolute Gasteiger partial charge is 0.496 e. The van der Waals surface area contributed by atoms with E-state index in [9.17, 15) is 9.59 Å². The Labute approximate surface area is 190 Å². The van der Waals surface area contributed by atoms with Crippen LogP contribution in [0.5, 0.6) is 5.75 Å². The summed E-state index contributed by atoms with van der Waals surface area (Å²) < 4.78 is 5.58. The van der Waals surface area contributed by atoms with Crippen molar-refractivity contribution in [3.05, 3.63) is 72.3 Å². The van der Waals surface area contributed by atoms with Gasteiger partial charge in [0.2, 0.25) is 0 Å². The Kier molecular flexibility index (Phi) is 6.12. The maximum absolute atomic E-state index is 12.6. The highest BCUT2D eigenvalue weighted by Gasteiger charge is 2.19. The van der Waals surface area contributed by atoms with Crippen molar-refractivity contribution in [3.63, 3.8) is 0 Å². The lowest BCUT2D eigenvalue weighted by atomic mass is 10.0. The maximum atomic E-state index is 12.6. The summed E-state index contributed by atoms with van der Waals surface area (Å²) in [7, 11) is 4.66. The summed E-state index contributed by atoms with van der Waals surface area (Å²) in [5, 5.41) is 9.23. The summed E-state index contributed by atoms with van der Waals surface area (Å²) in [6.07, 6.45) is 4.44. The van der Waals surface area contributed by atoms with Crippen molar-refractivity contribution >= 4 is 34.1 Å². The topological polar surface area (TPSA) is 118 Å². The van der Waals surface area contributed by atoms with Crippen molar-refractivity contribution in [1.82, 2.24) is 25.6 Å². The first kappa shape index (κ1) is 21.7. The van der Waals surface area contributed by atoms with Crippen molar-refractivity contribution in [2.24, 2.45) is 0 Å². The Morgan fingerprint density at radius 3 is 2.27 bits per heavy atom. The highest BCUT2D eigenvalue weighted by molar-refractivity contribution is 6.09. The fraction of sp³-hybridized carbons (Fsp3) is 0.125. The number of benzene rings is 2. The first-order valence-corrected chi connectivity index (χ1v) is 10.1. The van der Waals surface area contributed by atoms with E-state index in [-0.39, 0.29) is 17.5 Å². The molecule has 166 valence electrons. The number of methoxy groups -OCH3 is 1. The monoisotopic (exact) mass is 442 g/mol. The van der Waals surface area contributed by atoms with E-state index >= 15 is 0 Å². The summed E-state index contributed by atoms with van der Waals surface area (Å²) >= 11 is 0. The zero-order valence-electron chi connectivity index (χ0n) is 18.3. The number of hydrogen-bond donors (Lipinski definition) is 3. The van der Waals surface area contributed by atoms with Gasteiger partial charge in [-0.1, -0.05) is 18.2 Å². The van der Waals surface area contributed by atoms with Gasteiger partial charge < -0.3 is 20.7 Å². The van der Waals surface area contributed by atoms with Gasteiger partial charge in [0.25, 0.3) is 11.8 Å². The second-order valence-electron chi connectivity index (χ2n) is 7.05. The van der Waals surface area contributed by atoms with E-state index in [4.69, 9.17) is 4.74 Å². The molecule has 2 aromatic heterocycles. The van der Waals surface area contributed by atoms with Crippen LogP contribution in [0.4, 0.5) is 11.4 Å². The van der Waals surface area contributed by atoms with Crippen LogP contribution in [0.1, 0.15) is 20.8 Å². The lowest BCUT2D eigenvalue weighted by Gasteiger charge is -2.16. The van der Waals surface area contributed by atoms with Gasteiger partial charge in [0.05, 0.1) is 42.0 Å². The predicted molar refractivity (Wildman–Crippen MR) is 126 cm³/mol. The SMILES string of the molecule is CNC(=O)c1cnc(-c2cc3c(Nc4ccccc4)c(C(=O)NC)cnc3cc2OC)cn1. The predicted octanol–water partition coefficient (Wildman–Crippen LogP) is 3.16. The zero-order chi connectivity index (χ0) is 23.4. The number of carbonyl (C=O) groups is 2. The average Bonchev–Trinajstić information content (AvgIpc) is 2.87. The third-order valence-electron chi connectivity index (χ3n) is 5.09. The molecule has 0 radical (unpaired) electrons. The molecule has 0 aliphatic carbocycles. The number of carbonyl (C=O) groups excluding carboxylic acids is 2. The third kappa shape index (κ3) is 4.29. The second kappa shape index (κ2) is 9.31.